The third-order valence-electron chi connectivity index (χ3n) is 3.38. The van der Waals surface area contributed by atoms with Crippen LogP contribution in [0.15, 0.2) is 24.8 Å². The third kappa shape index (κ3) is 2.64. The average molecular weight is 276 g/mol. The predicted octanol–water partition coefficient (Wildman–Crippen LogP) is 2.68. The highest BCUT2D eigenvalue weighted by Crippen LogP contribution is 2.35. The number of anilines is 1. The predicted molar refractivity (Wildman–Crippen MR) is 75.0 cm³/mol. The number of hydrogen-bond acceptors (Lipinski definition) is 5. The number of carbonyl (C=O) groups excluding carboxylic acids is 1. The summed E-state index contributed by atoms with van der Waals surface area (Å²) in [4.78, 5) is 22.3. The molecule has 0 bridgehead atoms. The third-order valence-corrected chi connectivity index (χ3v) is 3.38. The van der Waals surface area contributed by atoms with Crippen LogP contribution < -0.4 is 5.32 Å². The van der Waals surface area contributed by atoms with Gasteiger partial charge in [-0.2, -0.15) is 0 Å². The van der Waals surface area contributed by atoms with E-state index in [0.29, 0.717) is 12.1 Å². The highest BCUT2D eigenvalue weighted by atomic mass is 16.6. The van der Waals surface area contributed by atoms with E-state index in [0.717, 1.165) is 18.4 Å². The van der Waals surface area contributed by atoms with E-state index in [-0.39, 0.29) is 17.3 Å². The van der Waals surface area contributed by atoms with Crippen molar-refractivity contribution in [1.29, 1.82) is 0 Å². The standard InChI is InChI=1S/C14H16N2O4/c1-3-4-11-6-5-9-7-10(14(17)20-2)8-12(16(18)19)13(9)15-11/h3,7-8,11,15H,1,4-6H2,2H3. The number of benzene rings is 1. The number of nitrogens with zero attached hydrogens (tertiary/aromatic N) is 1. The summed E-state index contributed by atoms with van der Waals surface area (Å²) in [6, 6.07) is 3.06. The van der Waals surface area contributed by atoms with Gasteiger partial charge in [0, 0.05) is 12.1 Å². The summed E-state index contributed by atoms with van der Waals surface area (Å²) in [6.45, 7) is 3.68. The number of carbonyl (C=O) groups is 1. The number of aryl methyl sites for hydroxylation is 1. The number of nitro groups is 1. The summed E-state index contributed by atoms with van der Waals surface area (Å²) in [5, 5.41) is 14.4. The van der Waals surface area contributed by atoms with Gasteiger partial charge < -0.3 is 10.1 Å². The molecule has 0 aliphatic carbocycles. The van der Waals surface area contributed by atoms with E-state index in [4.69, 9.17) is 0 Å². The lowest BCUT2D eigenvalue weighted by molar-refractivity contribution is -0.384. The summed E-state index contributed by atoms with van der Waals surface area (Å²) in [7, 11) is 1.26. The second kappa shape index (κ2) is 5.73. The molecular formula is C14H16N2O4. The molecule has 0 aromatic heterocycles. The van der Waals surface area contributed by atoms with E-state index < -0.39 is 10.9 Å². The highest BCUT2D eigenvalue weighted by Gasteiger charge is 2.27. The van der Waals surface area contributed by atoms with E-state index in [1.807, 2.05) is 0 Å². The van der Waals surface area contributed by atoms with Gasteiger partial charge in [-0.3, -0.25) is 10.1 Å². The first-order valence-corrected chi connectivity index (χ1v) is 6.34. The van der Waals surface area contributed by atoms with Crippen LogP contribution >= 0.6 is 0 Å². The fraction of sp³-hybridized carbons (Fsp3) is 0.357. The molecule has 0 saturated carbocycles. The molecular weight excluding hydrogens is 260 g/mol. The monoisotopic (exact) mass is 276 g/mol. The summed E-state index contributed by atoms with van der Waals surface area (Å²) < 4.78 is 4.63. The number of esters is 1. The molecule has 0 saturated heterocycles. The Morgan fingerprint density at radius 1 is 1.65 bits per heavy atom. The van der Waals surface area contributed by atoms with Crippen LogP contribution in [-0.2, 0) is 11.2 Å². The summed E-state index contributed by atoms with van der Waals surface area (Å²) in [5.74, 6) is -0.566. The minimum Gasteiger partial charge on any atom is -0.465 e. The molecule has 1 N–H and O–H groups in total. The lowest BCUT2D eigenvalue weighted by Crippen LogP contribution is -2.26. The van der Waals surface area contributed by atoms with E-state index in [2.05, 4.69) is 16.6 Å². The average Bonchev–Trinajstić information content (AvgIpc) is 2.45. The van der Waals surface area contributed by atoms with Gasteiger partial charge in [-0.1, -0.05) is 6.08 Å². The summed E-state index contributed by atoms with van der Waals surface area (Å²) in [6.07, 6.45) is 4.07. The van der Waals surface area contributed by atoms with Crippen LogP contribution in [0.5, 0.6) is 0 Å². The zero-order chi connectivity index (χ0) is 14.7. The molecule has 1 aliphatic heterocycles. The fourth-order valence-corrected chi connectivity index (χ4v) is 2.41. The summed E-state index contributed by atoms with van der Waals surface area (Å²) >= 11 is 0. The Balaban J connectivity index is 2.45. The van der Waals surface area contributed by atoms with Crippen LogP contribution in [0.4, 0.5) is 11.4 Å². The maximum Gasteiger partial charge on any atom is 0.338 e. The van der Waals surface area contributed by atoms with Crippen LogP contribution in [0.1, 0.15) is 28.8 Å². The van der Waals surface area contributed by atoms with Gasteiger partial charge in [-0.15, -0.1) is 6.58 Å². The molecule has 0 spiro atoms. The SMILES string of the molecule is C=CCC1CCc2cc(C(=O)OC)cc([N+](=O)[O-])c2N1. The van der Waals surface area contributed by atoms with Gasteiger partial charge >= 0.3 is 5.97 Å². The van der Waals surface area contributed by atoms with Crippen molar-refractivity contribution in [3.63, 3.8) is 0 Å². The number of hydrogen-bond donors (Lipinski definition) is 1. The van der Waals surface area contributed by atoms with Crippen molar-refractivity contribution < 1.29 is 14.5 Å². The van der Waals surface area contributed by atoms with Gasteiger partial charge in [-0.25, -0.2) is 4.79 Å². The van der Waals surface area contributed by atoms with E-state index in [9.17, 15) is 14.9 Å². The molecule has 1 aliphatic rings. The highest BCUT2D eigenvalue weighted by molar-refractivity contribution is 5.92. The zero-order valence-electron chi connectivity index (χ0n) is 11.2. The molecule has 20 heavy (non-hydrogen) atoms. The van der Waals surface area contributed by atoms with Crippen LogP contribution in [0.3, 0.4) is 0 Å². The molecule has 106 valence electrons. The maximum absolute atomic E-state index is 11.6. The van der Waals surface area contributed by atoms with Crippen LogP contribution in [0, 0.1) is 10.1 Å². The lowest BCUT2D eigenvalue weighted by Gasteiger charge is -2.26. The largest absolute Gasteiger partial charge is 0.465 e. The van der Waals surface area contributed by atoms with Gasteiger partial charge in [0.05, 0.1) is 17.6 Å². The Labute approximate surface area is 116 Å². The lowest BCUT2D eigenvalue weighted by atomic mass is 9.94. The molecule has 1 aromatic rings. The number of nitrogens with one attached hydrogen (secondary N) is 1. The molecule has 1 unspecified atom stereocenters. The summed E-state index contributed by atoms with van der Waals surface area (Å²) in [5.41, 5.74) is 1.40. The van der Waals surface area contributed by atoms with Crippen molar-refractivity contribution in [2.45, 2.75) is 25.3 Å². The van der Waals surface area contributed by atoms with Gasteiger partial charge in [0.25, 0.3) is 5.69 Å². The van der Waals surface area contributed by atoms with Crippen molar-refractivity contribution in [1.82, 2.24) is 0 Å². The quantitative estimate of drug-likeness (QED) is 0.396. The van der Waals surface area contributed by atoms with Crippen molar-refractivity contribution >= 4 is 17.3 Å². The Hall–Kier alpha value is -2.37. The molecule has 0 radical (unpaired) electrons. The van der Waals surface area contributed by atoms with Crippen LogP contribution in [0.2, 0.25) is 0 Å². The van der Waals surface area contributed by atoms with Gasteiger partial charge in [-0.05, 0) is 30.9 Å². The number of methoxy groups -OCH3 is 1. The molecule has 0 fully saturated rings. The molecule has 1 atom stereocenters. The van der Waals surface area contributed by atoms with E-state index >= 15 is 0 Å². The second-order valence-corrected chi connectivity index (χ2v) is 4.68. The van der Waals surface area contributed by atoms with Crippen LogP contribution in [0.25, 0.3) is 0 Å². The molecule has 1 heterocycles. The Morgan fingerprint density at radius 3 is 3.00 bits per heavy atom. The number of fused-ring (bicyclic) bond motifs is 1. The first-order chi connectivity index (χ1) is 9.56. The van der Waals surface area contributed by atoms with Gasteiger partial charge in [0.2, 0.25) is 0 Å². The normalized spacial score (nSPS) is 16.8. The van der Waals surface area contributed by atoms with Crippen molar-refractivity contribution in [2.24, 2.45) is 0 Å². The number of ether oxygens (including phenoxy) is 1. The first kappa shape index (κ1) is 14.0. The molecule has 6 heteroatoms. The van der Waals surface area contributed by atoms with Crippen molar-refractivity contribution in [3.8, 4) is 0 Å². The van der Waals surface area contributed by atoms with E-state index in [1.165, 1.54) is 13.2 Å². The van der Waals surface area contributed by atoms with Crippen molar-refractivity contribution in [2.75, 3.05) is 12.4 Å². The smallest absolute Gasteiger partial charge is 0.338 e. The molecule has 0 amide bonds. The molecule has 1 aromatic carbocycles. The van der Waals surface area contributed by atoms with Crippen molar-refractivity contribution in [3.05, 3.63) is 46.0 Å². The Bertz CT molecular complexity index is 569. The van der Waals surface area contributed by atoms with Gasteiger partial charge in [0.15, 0.2) is 0 Å². The second-order valence-electron chi connectivity index (χ2n) is 4.68. The molecule has 6 nitrogen and oxygen atoms in total. The Morgan fingerprint density at radius 2 is 2.40 bits per heavy atom. The molecule has 2 rings (SSSR count). The number of rotatable bonds is 4. The maximum atomic E-state index is 11.6. The zero-order valence-corrected chi connectivity index (χ0v) is 11.2. The van der Waals surface area contributed by atoms with Crippen LogP contribution in [-0.4, -0.2) is 24.0 Å². The number of nitro benzene ring substituents is 1. The van der Waals surface area contributed by atoms with E-state index in [1.54, 1.807) is 12.1 Å². The topological polar surface area (TPSA) is 81.5 Å². The minimum absolute atomic E-state index is 0.0864. The first-order valence-electron chi connectivity index (χ1n) is 6.34. The minimum atomic E-state index is -0.566. The Kier molecular flexibility index (Phi) is 4.02. The fourth-order valence-electron chi connectivity index (χ4n) is 2.41. The van der Waals surface area contributed by atoms with Gasteiger partial charge in [0.1, 0.15) is 5.69 Å².